The number of halogens is 1. The summed E-state index contributed by atoms with van der Waals surface area (Å²) >= 11 is 0. The number of anilines is 1. The molecule has 0 fully saturated rings. The molecule has 4 nitrogen and oxygen atoms in total. The van der Waals surface area contributed by atoms with Crippen LogP contribution in [0.3, 0.4) is 0 Å². The number of sulfonamides is 1. The predicted molar refractivity (Wildman–Crippen MR) is 70.1 cm³/mol. The highest BCUT2D eigenvalue weighted by Crippen LogP contribution is 2.21. The largest absolute Gasteiger partial charge is 0.508 e. The summed E-state index contributed by atoms with van der Waals surface area (Å²) in [6.07, 6.45) is 0. The Morgan fingerprint density at radius 1 is 1.11 bits per heavy atom. The first-order valence-electron chi connectivity index (χ1n) is 5.46. The zero-order valence-corrected chi connectivity index (χ0v) is 10.9. The van der Waals surface area contributed by atoms with Crippen LogP contribution < -0.4 is 4.72 Å². The van der Waals surface area contributed by atoms with Crippen LogP contribution in [0.15, 0.2) is 47.4 Å². The van der Waals surface area contributed by atoms with Crippen molar-refractivity contribution < 1.29 is 17.9 Å². The second-order valence-electron chi connectivity index (χ2n) is 4.06. The van der Waals surface area contributed by atoms with Crippen LogP contribution >= 0.6 is 0 Å². The van der Waals surface area contributed by atoms with E-state index in [1.807, 2.05) is 0 Å². The topological polar surface area (TPSA) is 66.4 Å². The zero-order chi connectivity index (χ0) is 14.0. The van der Waals surface area contributed by atoms with E-state index in [4.69, 9.17) is 5.11 Å². The molecule has 6 heteroatoms. The number of benzene rings is 2. The third kappa shape index (κ3) is 3.03. The van der Waals surface area contributed by atoms with Crippen LogP contribution in [0.4, 0.5) is 10.1 Å². The van der Waals surface area contributed by atoms with Crippen LogP contribution in [-0.2, 0) is 10.0 Å². The van der Waals surface area contributed by atoms with Gasteiger partial charge in [0, 0.05) is 5.69 Å². The molecule has 100 valence electrons. The molecule has 0 spiro atoms. The standard InChI is InChI=1S/C13H12FNO3S/c1-9-8-10(14)2-7-13(9)19(17,18)15-11-3-5-12(16)6-4-11/h2-8,15-16H,1H3. The van der Waals surface area contributed by atoms with E-state index in [1.54, 1.807) is 0 Å². The smallest absolute Gasteiger partial charge is 0.262 e. The highest BCUT2D eigenvalue weighted by atomic mass is 32.2. The summed E-state index contributed by atoms with van der Waals surface area (Å²) in [6, 6.07) is 9.08. The number of hydrogen-bond acceptors (Lipinski definition) is 3. The molecule has 2 rings (SSSR count). The van der Waals surface area contributed by atoms with Gasteiger partial charge in [0.2, 0.25) is 0 Å². The third-order valence-corrected chi connectivity index (χ3v) is 4.09. The van der Waals surface area contributed by atoms with Crippen LogP contribution in [0.1, 0.15) is 5.56 Å². The molecular formula is C13H12FNO3S. The summed E-state index contributed by atoms with van der Waals surface area (Å²) in [6.45, 7) is 1.52. The Kier molecular flexibility index (Phi) is 3.44. The Labute approximate surface area is 110 Å². The molecule has 0 aromatic heterocycles. The minimum absolute atomic E-state index is 0.0157. The number of nitrogens with one attached hydrogen (secondary N) is 1. The monoisotopic (exact) mass is 281 g/mol. The lowest BCUT2D eigenvalue weighted by atomic mass is 10.2. The molecule has 0 radical (unpaired) electrons. The van der Waals surface area contributed by atoms with Crippen molar-refractivity contribution in [3.8, 4) is 5.75 Å². The molecule has 0 atom stereocenters. The highest BCUT2D eigenvalue weighted by Gasteiger charge is 2.17. The summed E-state index contributed by atoms with van der Waals surface area (Å²) in [4.78, 5) is 0.0157. The zero-order valence-electron chi connectivity index (χ0n) is 10.1. The molecule has 0 heterocycles. The number of aryl methyl sites for hydroxylation is 1. The van der Waals surface area contributed by atoms with Crippen molar-refractivity contribution in [3.05, 3.63) is 53.8 Å². The molecule has 0 bridgehead atoms. The Hall–Kier alpha value is -2.08. The summed E-state index contributed by atoms with van der Waals surface area (Å²) in [5.41, 5.74) is 0.646. The van der Waals surface area contributed by atoms with Crippen molar-refractivity contribution >= 4 is 15.7 Å². The van der Waals surface area contributed by atoms with E-state index < -0.39 is 15.8 Å². The normalized spacial score (nSPS) is 11.3. The van der Waals surface area contributed by atoms with Gasteiger partial charge < -0.3 is 5.11 Å². The van der Waals surface area contributed by atoms with Crippen molar-refractivity contribution in [2.24, 2.45) is 0 Å². The molecule has 0 aliphatic rings. The second kappa shape index (κ2) is 4.89. The lowest BCUT2D eigenvalue weighted by molar-refractivity contribution is 0.475. The van der Waals surface area contributed by atoms with E-state index in [0.717, 1.165) is 12.1 Å². The van der Waals surface area contributed by atoms with E-state index >= 15 is 0 Å². The van der Waals surface area contributed by atoms with Gasteiger partial charge in [0.25, 0.3) is 10.0 Å². The Morgan fingerprint density at radius 2 is 1.74 bits per heavy atom. The maximum absolute atomic E-state index is 13.0. The van der Waals surface area contributed by atoms with Gasteiger partial charge >= 0.3 is 0 Å². The minimum Gasteiger partial charge on any atom is -0.508 e. The molecule has 2 N–H and O–H groups in total. The van der Waals surface area contributed by atoms with Gasteiger partial charge in [-0.3, -0.25) is 4.72 Å². The number of phenolic OH excluding ortho intramolecular Hbond substituents is 1. The van der Waals surface area contributed by atoms with Crippen LogP contribution in [0.25, 0.3) is 0 Å². The average Bonchev–Trinajstić information content (AvgIpc) is 2.31. The van der Waals surface area contributed by atoms with Crippen molar-refractivity contribution in [2.45, 2.75) is 11.8 Å². The van der Waals surface area contributed by atoms with Crippen molar-refractivity contribution in [1.82, 2.24) is 0 Å². The minimum atomic E-state index is -3.77. The van der Waals surface area contributed by atoms with Crippen LogP contribution in [-0.4, -0.2) is 13.5 Å². The van der Waals surface area contributed by atoms with E-state index in [-0.39, 0.29) is 10.6 Å². The third-order valence-electron chi connectivity index (χ3n) is 2.55. The SMILES string of the molecule is Cc1cc(F)ccc1S(=O)(=O)Nc1ccc(O)cc1. The summed E-state index contributed by atoms with van der Waals surface area (Å²) in [5.74, 6) is -0.443. The molecule has 2 aromatic rings. The molecule has 0 unspecified atom stereocenters. The molecular weight excluding hydrogens is 269 g/mol. The maximum atomic E-state index is 13.0. The quantitative estimate of drug-likeness (QED) is 0.850. The van der Waals surface area contributed by atoms with Gasteiger partial charge in [0.15, 0.2) is 0 Å². The van der Waals surface area contributed by atoms with Crippen molar-refractivity contribution in [3.63, 3.8) is 0 Å². The first-order valence-corrected chi connectivity index (χ1v) is 6.95. The van der Waals surface area contributed by atoms with E-state index in [0.29, 0.717) is 11.3 Å². The van der Waals surface area contributed by atoms with E-state index in [1.165, 1.54) is 37.3 Å². The van der Waals surface area contributed by atoms with Crippen molar-refractivity contribution in [1.29, 1.82) is 0 Å². The summed E-state index contributed by atoms with van der Waals surface area (Å²) in [7, 11) is -3.77. The van der Waals surface area contributed by atoms with E-state index in [2.05, 4.69) is 4.72 Å². The Morgan fingerprint density at radius 3 is 2.32 bits per heavy atom. The highest BCUT2D eigenvalue weighted by molar-refractivity contribution is 7.92. The number of aromatic hydroxyl groups is 1. The van der Waals surface area contributed by atoms with Crippen LogP contribution in [0.2, 0.25) is 0 Å². The maximum Gasteiger partial charge on any atom is 0.262 e. The predicted octanol–water partition coefficient (Wildman–Crippen LogP) is 2.64. The lowest BCUT2D eigenvalue weighted by Crippen LogP contribution is -2.14. The summed E-state index contributed by atoms with van der Waals surface area (Å²) in [5, 5.41) is 9.13. The molecule has 0 saturated carbocycles. The van der Waals surface area contributed by atoms with Crippen LogP contribution in [0, 0.1) is 12.7 Å². The fourth-order valence-corrected chi connectivity index (χ4v) is 2.94. The van der Waals surface area contributed by atoms with Gasteiger partial charge in [0.1, 0.15) is 11.6 Å². The van der Waals surface area contributed by atoms with Gasteiger partial charge in [-0.05, 0) is 55.0 Å². The average molecular weight is 281 g/mol. The fraction of sp³-hybridized carbons (Fsp3) is 0.0769. The first-order chi connectivity index (χ1) is 8.88. The van der Waals surface area contributed by atoms with Gasteiger partial charge in [-0.1, -0.05) is 0 Å². The summed E-state index contributed by atoms with van der Waals surface area (Å²) < 4.78 is 39.6. The van der Waals surface area contributed by atoms with Gasteiger partial charge in [-0.2, -0.15) is 0 Å². The Bertz CT molecular complexity index is 696. The molecule has 0 aliphatic heterocycles. The first kappa shape index (κ1) is 13.4. The molecule has 2 aromatic carbocycles. The Balaban J connectivity index is 2.35. The number of phenols is 1. The van der Waals surface area contributed by atoms with E-state index in [9.17, 15) is 12.8 Å². The molecule has 0 saturated heterocycles. The van der Waals surface area contributed by atoms with Gasteiger partial charge in [-0.15, -0.1) is 0 Å². The molecule has 0 aliphatic carbocycles. The van der Waals surface area contributed by atoms with Crippen molar-refractivity contribution in [2.75, 3.05) is 4.72 Å². The molecule has 19 heavy (non-hydrogen) atoms. The van der Waals surface area contributed by atoms with Crippen LogP contribution in [0.5, 0.6) is 5.75 Å². The van der Waals surface area contributed by atoms with Gasteiger partial charge in [0.05, 0.1) is 4.90 Å². The lowest BCUT2D eigenvalue weighted by Gasteiger charge is -2.10. The fourth-order valence-electron chi connectivity index (χ4n) is 1.65. The van der Waals surface area contributed by atoms with Gasteiger partial charge in [-0.25, -0.2) is 12.8 Å². The number of rotatable bonds is 3. The molecule has 0 amide bonds. The number of hydrogen-bond donors (Lipinski definition) is 2. The second-order valence-corrected chi connectivity index (χ2v) is 5.71.